The third-order valence-corrected chi connectivity index (χ3v) is 5.48. The van der Waals surface area contributed by atoms with Crippen LogP contribution in [0.15, 0.2) is 86.8 Å². The van der Waals surface area contributed by atoms with E-state index in [1.807, 2.05) is 0 Å². The van der Waals surface area contributed by atoms with Gasteiger partial charge in [-0.05, 0) is 73.8 Å². The zero-order valence-corrected chi connectivity index (χ0v) is 19.7. The first-order chi connectivity index (χ1) is 15.4. The van der Waals surface area contributed by atoms with Crippen LogP contribution < -0.4 is 15.5 Å². The van der Waals surface area contributed by atoms with Crippen LogP contribution in [0.3, 0.4) is 0 Å². The SMILES string of the molecule is O=C(CNC(=O)c1ccccc1Br)NN=Cc1cccc(OC(=O)c2ccccc2Br)c1. The molecule has 3 aromatic carbocycles. The van der Waals surface area contributed by atoms with E-state index in [-0.39, 0.29) is 12.5 Å². The maximum atomic E-state index is 12.3. The molecule has 0 bridgehead atoms. The highest BCUT2D eigenvalue weighted by molar-refractivity contribution is 9.10. The summed E-state index contributed by atoms with van der Waals surface area (Å²) >= 11 is 6.61. The Morgan fingerprint density at radius 3 is 2.22 bits per heavy atom. The monoisotopic (exact) mass is 557 g/mol. The first-order valence-electron chi connectivity index (χ1n) is 9.35. The standard InChI is InChI=1S/C23H17Br2N3O4/c24-19-10-3-1-8-17(19)22(30)26-14-21(29)28-27-13-15-6-5-7-16(12-15)32-23(31)18-9-2-4-11-20(18)25/h1-13H,14H2,(H,26,30)(H,28,29). The van der Waals surface area contributed by atoms with Crippen LogP contribution in [0.4, 0.5) is 0 Å². The lowest BCUT2D eigenvalue weighted by molar-refractivity contribution is -0.120. The van der Waals surface area contributed by atoms with Gasteiger partial charge in [0.25, 0.3) is 11.8 Å². The second-order valence-electron chi connectivity index (χ2n) is 6.40. The Morgan fingerprint density at radius 2 is 1.53 bits per heavy atom. The van der Waals surface area contributed by atoms with Crippen LogP contribution in [-0.4, -0.2) is 30.5 Å². The first-order valence-corrected chi connectivity index (χ1v) is 10.9. The summed E-state index contributed by atoms with van der Waals surface area (Å²) in [5, 5.41) is 6.39. The Bertz CT molecular complexity index is 1180. The summed E-state index contributed by atoms with van der Waals surface area (Å²) in [7, 11) is 0. The molecule has 0 atom stereocenters. The molecule has 0 saturated heterocycles. The number of ether oxygens (including phenoxy) is 1. The summed E-state index contributed by atoms with van der Waals surface area (Å²) in [4.78, 5) is 36.4. The van der Waals surface area contributed by atoms with Gasteiger partial charge in [0.2, 0.25) is 0 Å². The van der Waals surface area contributed by atoms with Crippen molar-refractivity contribution in [1.82, 2.24) is 10.7 Å². The topological polar surface area (TPSA) is 96.9 Å². The highest BCUT2D eigenvalue weighted by Crippen LogP contribution is 2.20. The fraction of sp³-hybridized carbons (Fsp3) is 0.0435. The molecule has 2 amide bonds. The number of benzene rings is 3. The molecule has 0 saturated carbocycles. The number of carbonyl (C=O) groups excluding carboxylic acids is 3. The molecule has 0 aliphatic rings. The number of carbonyl (C=O) groups is 3. The third kappa shape index (κ3) is 6.60. The van der Waals surface area contributed by atoms with Crippen LogP contribution in [0, 0.1) is 0 Å². The molecule has 7 nitrogen and oxygen atoms in total. The Balaban J connectivity index is 1.52. The Labute approximate surface area is 201 Å². The van der Waals surface area contributed by atoms with Crippen molar-refractivity contribution in [1.29, 1.82) is 0 Å². The number of hydrogen-bond acceptors (Lipinski definition) is 5. The van der Waals surface area contributed by atoms with Gasteiger partial charge < -0.3 is 10.1 Å². The molecule has 32 heavy (non-hydrogen) atoms. The summed E-state index contributed by atoms with van der Waals surface area (Å²) in [5.74, 6) is -1.03. The number of nitrogens with one attached hydrogen (secondary N) is 2. The number of hydrogen-bond donors (Lipinski definition) is 2. The minimum absolute atomic E-state index is 0.235. The van der Waals surface area contributed by atoms with Crippen LogP contribution in [0.1, 0.15) is 26.3 Å². The zero-order chi connectivity index (χ0) is 22.9. The summed E-state index contributed by atoms with van der Waals surface area (Å²) in [6, 6.07) is 20.5. The molecule has 3 aromatic rings. The maximum absolute atomic E-state index is 12.3. The molecule has 9 heteroatoms. The van der Waals surface area contributed by atoms with Crippen LogP contribution >= 0.6 is 31.9 Å². The van der Waals surface area contributed by atoms with Crippen LogP contribution in [0.25, 0.3) is 0 Å². The van der Waals surface area contributed by atoms with E-state index in [4.69, 9.17) is 4.74 Å². The first kappa shape index (κ1) is 23.4. The van der Waals surface area contributed by atoms with E-state index in [1.54, 1.807) is 72.8 Å². The van der Waals surface area contributed by atoms with Crippen molar-refractivity contribution in [2.75, 3.05) is 6.54 Å². The van der Waals surface area contributed by atoms with E-state index in [0.717, 1.165) is 0 Å². The lowest BCUT2D eigenvalue weighted by Gasteiger charge is -2.07. The van der Waals surface area contributed by atoms with Crippen molar-refractivity contribution in [3.63, 3.8) is 0 Å². The summed E-state index contributed by atoms with van der Waals surface area (Å²) in [5.41, 5.74) is 3.78. The second kappa shape index (κ2) is 11.4. The van der Waals surface area contributed by atoms with Crippen molar-refractivity contribution in [2.24, 2.45) is 5.10 Å². The van der Waals surface area contributed by atoms with Gasteiger partial charge in [0.1, 0.15) is 5.75 Å². The van der Waals surface area contributed by atoms with Gasteiger partial charge in [0.05, 0.1) is 23.9 Å². The summed E-state index contributed by atoms with van der Waals surface area (Å²) in [6.07, 6.45) is 1.41. The Hall–Kier alpha value is -3.30. The molecule has 0 aliphatic heterocycles. The quantitative estimate of drug-likeness (QED) is 0.195. The summed E-state index contributed by atoms with van der Waals surface area (Å²) < 4.78 is 6.67. The normalized spacial score (nSPS) is 10.6. The third-order valence-electron chi connectivity index (χ3n) is 4.09. The smallest absolute Gasteiger partial charge is 0.344 e. The second-order valence-corrected chi connectivity index (χ2v) is 8.11. The number of hydrazone groups is 1. The molecule has 0 spiro atoms. The zero-order valence-electron chi connectivity index (χ0n) is 16.5. The van der Waals surface area contributed by atoms with Gasteiger partial charge in [-0.1, -0.05) is 36.4 Å². The van der Waals surface area contributed by atoms with Gasteiger partial charge in [0, 0.05) is 8.95 Å². The van der Waals surface area contributed by atoms with E-state index in [1.165, 1.54) is 6.21 Å². The Morgan fingerprint density at radius 1 is 0.875 bits per heavy atom. The Kier molecular flexibility index (Phi) is 8.29. The average Bonchev–Trinajstić information content (AvgIpc) is 2.78. The van der Waals surface area contributed by atoms with Crippen LogP contribution in [0.2, 0.25) is 0 Å². The number of amides is 2. The predicted molar refractivity (Wildman–Crippen MR) is 128 cm³/mol. The van der Waals surface area contributed by atoms with Crippen molar-refractivity contribution in [2.45, 2.75) is 0 Å². The minimum Gasteiger partial charge on any atom is -0.423 e. The van der Waals surface area contributed by atoms with Crippen LogP contribution in [-0.2, 0) is 4.79 Å². The number of rotatable bonds is 7. The molecule has 0 heterocycles. The highest BCUT2D eigenvalue weighted by atomic mass is 79.9. The molecule has 162 valence electrons. The van der Waals surface area contributed by atoms with E-state index < -0.39 is 11.9 Å². The van der Waals surface area contributed by atoms with Crippen LogP contribution in [0.5, 0.6) is 5.75 Å². The molecule has 0 radical (unpaired) electrons. The van der Waals surface area contributed by atoms with Gasteiger partial charge >= 0.3 is 5.97 Å². The van der Waals surface area contributed by atoms with Gasteiger partial charge in [0.15, 0.2) is 0 Å². The van der Waals surface area contributed by atoms with E-state index in [2.05, 4.69) is 47.7 Å². The molecule has 0 unspecified atom stereocenters. The number of esters is 1. The average molecular weight is 559 g/mol. The molecular formula is C23H17Br2N3O4. The summed E-state index contributed by atoms with van der Waals surface area (Å²) in [6.45, 7) is -0.235. The lowest BCUT2D eigenvalue weighted by atomic mass is 10.2. The largest absolute Gasteiger partial charge is 0.423 e. The number of halogens is 2. The van der Waals surface area contributed by atoms with Gasteiger partial charge in [-0.3, -0.25) is 9.59 Å². The number of nitrogens with zero attached hydrogens (tertiary/aromatic N) is 1. The van der Waals surface area contributed by atoms with E-state index in [0.29, 0.717) is 31.4 Å². The molecule has 0 aliphatic carbocycles. The van der Waals surface area contributed by atoms with Gasteiger partial charge in [-0.15, -0.1) is 0 Å². The molecule has 0 aromatic heterocycles. The van der Waals surface area contributed by atoms with Crippen molar-refractivity contribution >= 4 is 55.9 Å². The molecule has 3 rings (SSSR count). The van der Waals surface area contributed by atoms with Gasteiger partial charge in [-0.25, -0.2) is 10.2 Å². The highest BCUT2D eigenvalue weighted by Gasteiger charge is 2.12. The minimum atomic E-state index is -0.499. The fourth-order valence-corrected chi connectivity index (χ4v) is 3.48. The van der Waals surface area contributed by atoms with Crippen molar-refractivity contribution in [3.05, 3.63) is 98.4 Å². The molecular weight excluding hydrogens is 542 g/mol. The van der Waals surface area contributed by atoms with E-state index in [9.17, 15) is 14.4 Å². The van der Waals surface area contributed by atoms with Crippen molar-refractivity contribution in [3.8, 4) is 5.75 Å². The molecule has 0 fully saturated rings. The maximum Gasteiger partial charge on any atom is 0.344 e. The van der Waals surface area contributed by atoms with Crippen molar-refractivity contribution < 1.29 is 19.1 Å². The lowest BCUT2D eigenvalue weighted by Crippen LogP contribution is -2.35. The van der Waals surface area contributed by atoms with Gasteiger partial charge in [-0.2, -0.15) is 5.10 Å². The fourth-order valence-electron chi connectivity index (χ4n) is 2.57. The van der Waals surface area contributed by atoms with E-state index >= 15 is 0 Å². The molecule has 2 N–H and O–H groups in total. The predicted octanol–water partition coefficient (Wildman–Crippen LogP) is 4.31.